The molecule has 2 rings (SSSR count). The van der Waals surface area contributed by atoms with Gasteiger partial charge < -0.3 is 15.0 Å². The van der Waals surface area contributed by atoms with E-state index in [0.717, 1.165) is 44.8 Å². The van der Waals surface area contributed by atoms with Gasteiger partial charge in [-0.05, 0) is 30.5 Å². The molecule has 1 N–H and O–H groups in total. The summed E-state index contributed by atoms with van der Waals surface area (Å²) in [6.45, 7) is 3.41. The minimum absolute atomic E-state index is 0.291. The minimum atomic E-state index is 0.291. The fraction of sp³-hybridized carbons (Fsp3) is 0.588. The monoisotopic (exact) mass is 290 g/mol. The molecule has 116 valence electrons. The predicted molar refractivity (Wildman–Crippen MR) is 84.4 cm³/mol. The average molecular weight is 290 g/mol. The molecule has 1 aromatic rings. The zero-order valence-corrected chi connectivity index (χ0v) is 12.9. The topological polar surface area (TPSA) is 41.6 Å². The van der Waals surface area contributed by atoms with Crippen LogP contribution in [0.15, 0.2) is 24.3 Å². The molecule has 0 unspecified atom stereocenters. The quantitative estimate of drug-likeness (QED) is 0.819. The van der Waals surface area contributed by atoms with Crippen LogP contribution in [-0.4, -0.2) is 37.6 Å². The summed E-state index contributed by atoms with van der Waals surface area (Å²) in [6.07, 6.45) is 5.44. The summed E-state index contributed by atoms with van der Waals surface area (Å²) in [5.74, 6) is 1.16. The zero-order valence-electron chi connectivity index (χ0n) is 12.9. The number of nitrogens with zero attached hydrogens (tertiary/aromatic N) is 1. The summed E-state index contributed by atoms with van der Waals surface area (Å²) in [6, 6.07) is 8.00. The Hall–Kier alpha value is -1.55. The highest BCUT2D eigenvalue weighted by molar-refractivity contribution is 5.76. The molecule has 1 aliphatic heterocycles. The number of carbonyl (C=O) groups excluding carboxylic acids is 1. The summed E-state index contributed by atoms with van der Waals surface area (Å²) in [5, 5.41) is 3.34. The van der Waals surface area contributed by atoms with Crippen LogP contribution in [0.5, 0.6) is 5.75 Å². The lowest BCUT2D eigenvalue weighted by molar-refractivity contribution is -0.131. The molecule has 1 fully saturated rings. The van der Waals surface area contributed by atoms with Gasteiger partial charge >= 0.3 is 0 Å². The third-order valence-electron chi connectivity index (χ3n) is 3.96. The Morgan fingerprint density at radius 3 is 2.43 bits per heavy atom. The number of hydrogen-bond acceptors (Lipinski definition) is 3. The molecule has 21 heavy (non-hydrogen) atoms. The fourth-order valence-corrected chi connectivity index (χ4v) is 2.65. The van der Waals surface area contributed by atoms with Crippen molar-refractivity contribution in [3.05, 3.63) is 29.8 Å². The summed E-state index contributed by atoms with van der Waals surface area (Å²) >= 11 is 0. The van der Waals surface area contributed by atoms with E-state index in [0.29, 0.717) is 12.3 Å². The Labute approximate surface area is 127 Å². The Bertz CT molecular complexity index is 423. The van der Waals surface area contributed by atoms with E-state index in [-0.39, 0.29) is 0 Å². The van der Waals surface area contributed by atoms with E-state index in [1.807, 2.05) is 29.2 Å². The molecule has 0 saturated carbocycles. The van der Waals surface area contributed by atoms with Gasteiger partial charge in [0, 0.05) is 32.6 Å². The first kappa shape index (κ1) is 15.8. The van der Waals surface area contributed by atoms with E-state index < -0.39 is 0 Å². The number of carbonyl (C=O) groups is 1. The van der Waals surface area contributed by atoms with Crippen molar-refractivity contribution in [1.82, 2.24) is 10.2 Å². The van der Waals surface area contributed by atoms with Gasteiger partial charge in [0.25, 0.3) is 0 Å². The summed E-state index contributed by atoms with van der Waals surface area (Å²) in [4.78, 5) is 14.1. The Morgan fingerprint density at radius 2 is 1.81 bits per heavy atom. The van der Waals surface area contributed by atoms with Gasteiger partial charge in [-0.1, -0.05) is 25.0 Å². The second-order valence-electron chi connectivity index (χ2n) is 5.57. The van der Waals surface area contributed by atoms with Crippen molar-refractivity contribution < 1.29 is 9.53 Å². The van der Waals surface area contributed by atoms with Gasteiger partial charge in [-0.3, -0.25) is 4.79 Å². The molecule has 0 bridgehead atoms. The summed E-state index contributed by atoms with van der Waals surface area (Å²) in [7, 11) is 1.67. The van der Waals surface area contributed by atoms with Gasteiger partial charge in [-0.25, -0.2) is 0 Å². The van der Waals surface area contributed by atoms with Crippen LogP contribution >= 0.6 is 0 Å². The molecule has 1 aromatic carbocycles. The zero-order chi connectivity index (χ0) is 14.9. The van der Waals surface area contributed by atoms with Gasteiger partial charge in [-0.15, -0.1) is 0 Å². The smallest absolute Gasteiger partial charge is 0.223 e. The number of nitrogens with one attached hydrogen (secondary N) is 1. The standard InChI is InChI=1S/C17H26N2O2/c1-21-16-8-6-15(7-9-16)14-18-11-10-17(20)19-12-4-2-3-5-13-19/h6-9,18H,2-5,10-14H2,1H3. The van der Waals surface area contributed by atoms with Gasteiger partial charge in [-0.2, -0.15) is 0 Å². The molecule has 1 amide bonds. The van der Waals surface area contributed by atoms with Crippen molar-refractivity contribution in [2.45, 2.75) is 38.6 Å². The van der Waals surface area contributed by atoms with E-state index >= 15 is 0 Å². The number of methoxy groups -OCH3 is 1. The molecular formula is C17H26N2O2. The van der Waals surface area contributed by atoms with E-state index in [2.05, 4.69) is 5.32 Å². The largest absolute Gasteiger partial charge is 0.497 e. The van der Waals surface area contributed by atoms with E-state index in [1.165, 1.54) is 18.4 Å². The van der Waals surface area contributed by atoms with Gasteiger partial charge in [0.2, 0.25) is 5.91 Å². The molecule has 1 aliphatic rings. The first-order chi connectivity index (χ1) is 10.3. The van der Waals surface area contributed by atoms with Crippen LogP contribution in [0.1, 0.15) is 37.7 Å². The van der Waals surface area contributed by atoms with Crippen molar-refractivity contribution in [2.75, 3.05) is 26.7 Å². The third kappa shape index (κ3) is 5.38. The lowest BCUT2D eigenvalue weighted by Crippen LogP contribution is -2.33. The molecule has 0 atom stereocenters. The van der Waals surface area contributed by atoms with Crippen molar-refractivity contribution in [3.63, 3.8) is 0 Å². The number of ether oxygens (including phenoxy) is 1. The first-order valence-electron chi connectivity index (χ1n) is 7.91. The van der Waals surface area contributed by atoms with E-state index in [1.54, 1.807) is 7.11 Å². The van der Waals surface area contributed by atoms with Crippen LogP contribution in [0.3, 0.4) is 0 Å². The highest BCUT2D eigenvalue weighted by Crippen LogP contribution is 2.12. The lowest BCUT2D eigenvalue weighted by atomic mass is 10.2. The Morgan fingerprint density at radius 1 is 1.14 bits per heavy atom. The second kappa shape index (κ2) is 8.67. The SMILES string of the molecule is COc1ccc(CNCCC(=O)N2CCCCCC2)cc1. The number of benzene rings is 1. The van der Waals surface area contributed by atoms with Crippen molar-refractivity contribution in [1.29, 1.82) is 0 Å². The van der Waals surface area contributed by atoms with Crippen LogP contribution in [0.25, 0.3) is 0 Å². The van der Waals surface area contributed by atoms with Crippen molar-refractivity contribution in [3.8, 4) is 5.75 Å². The number of likely N-dealkylation sites (tertiary alicyclic amines) is 1. The van der Waals surface area contributed by atoms with E-state index in [4.69, 9.17) is 4.74 Å². The maximum atomic E-state index is 12.1. The van der Waals surface area contributed by atoms with Crippen LogP contribution in [0, 0.1) is 0 Å². The Kier molecular flexibility index (Phi) is 6.54. The van der Waals surface area contributed by atoms with Gasteiger partial charge in [0.1, 0.15) is 5.75 Å². The summed E-state index contributed by atoms with van der Waals surface area (Å²) in [5.41, 5.74) is 1.21. The number of hydrogen-bond donors (Lipinski definition) is 1. The van der Waals surface area contributed by atoms with Crippen LogP contribution < -0.4 is 10.1 Å². The molecule has 0 aliphatic carbocycles. The highest BCUT2D eigenvalue weighted by atomic mass is 16.5. The molecule has 1 heterocycles. The molecule has 0 radical (unpaired) electrons. The fourth-order valence-electron chi connectivity index (χ4n) is 2.65. The van der Waals surface area contributed by atoms with Crippen LogP contribution in [0.4, 0.5) is 0 Å². The molecule has 4 heteroatoms. The van der Waals surface area contributed by atoms with E-state index in [9.17, 15) is 4.79 Å². The predicted octanol–water partition coefficient (Wildman–Crippen LogP) is 2.58. The van der Waals surface area contributed by atoms with Crippen LogP contribution in [-0.2, 0) is 11.3 Å². The number of amides is 1. The molecular weight excluding hydrogens is 264 g/mol. The Balaban J connectivity index is 1.65. The van der Waals surface area contributed by atoms with Gasteiger partial charge in [0.15, 0.2) is 0 Å². The molecule has 0 spiro atoms. The third-order valence-corrected chi connectivity index (χ3v) is 3.96. The molecule has 1 saturated heterocycles. The van der Waals surface area contributed by atoms with Crippen LogP contribution in [0.2, 0.25) is 0 Å². The average Bonchev–Trinajstić information content (AvgIpc) is 2.81. The summed E-state index contributed by atoms with van der Waals surface area (Å²) < 4.78 is 5.13. The van der Waals surface area contributed by atoms with Crippen molar-refractivity contribution in [2.24, 2.45) is 0 Å². The number of rotatable bonds is 6. The molecule has 0 aromatic heterocycles. The minimum Gasteiger partial charge on any atom is -0.497 e. The molecule has 4 nitrogen and oxygen atoms in total. The van der Waals surface area contributed by atoms with Gasteiger partial charge in [0.05, 0.1) is 7.11 Å². The maximum Gasteiger partial charge on any atom is 0.223 e. The lowest BCUT2D eigenvalue weighted by Gasteiger charge is -2.20. The highest BCUT2D eigenvalue weighted by Gasteiger charge is 2.14. The second-order valence-corrected chi connectivity index (χ2v) is 5.57. The normalized spacial score (nSPS) is 15.6. The maximum absolute atomic E-state index is 12.1. The van der Waals surface area contributed by atoms with Crippen molar-refractivity contribution >= 4 is 5.91 Å². The first-order valence-corrected chi connectivity index (χ1v) is 7.91.